The third-order valence-corrected chi connectivity index (χ3v) is 4.00. The first-order chi connectivity index (χ1) is 9.15. The van der Waals surface area contributed by atoms with Crippen molar-refractivity contribution >= 4 is 17.7 Å². The van der Waals surface area contributed by atoms with E-state index in [1.807, 2.05) is 61.5 Å². The fourth-order valence-corrected chi connectivity index (χ4v) is 2.92. The van der Waals surface area contributed by atoms with Gasteiger partial charge in [0.2, 0.25) is 0 Å². The lowest BCUT2D eigenvalue weighted by atomic mass is 10.1. The van der Waals surface area contributed by atoms with E-state index >= 15 is 0 Å². The van der Waals surface area contributed by atoms with Gasteiger partial charge in [0.25, 0.3) is 0 Å². The molecule has 2 aromatic rings. The maximum Gasteiger partial charge on any atom is 0.317 e. The van der Waals surface area contributed by atoms with Gasteiger partial charge < -0.3 is 5.11 Å². The van der Waals surface area contributed by atoms with Gasteiger partial charge in [0.1, 0.15) is 5.25 Å². The highest BCUT2D eigenvalue weighted by atomic mass is 32.2. The van der Waals surface area contributed by atoms with Crippen molar-refractivity contribution in [2.24, 2.45) is 0 Å². The van der Waals surface area contributed by atoms with Crippen LogP contribution in [0.25, 0.3) is 0 Å². The normalized spacial score (nSPS) is 12.1. The summed E-state index contributed by atoms with van der Waals surface area (Å²) in [6.07, 6.45) is 0.538. The number of carbonyl (C=O) groups is 1. The van der Waals surface area contributed by atoms with Gasteiger partial charge >= 0.3 is 5.97 Å². The molecule has 0 heterocycles. The molecule has 0 aliphatic carbocycles. The smallest absolute Gasteiger partial charge is 0.317 e. The molecule has 0 unspecified atom stereocenters. The van der Waals surface area contributed by atoms with Gasteiger partial charge in [-0.1, -0.05) is 48.0 Å². The average Bonchev–Trinajstić information content (AvgIpc) is 2.39. The van der Waals surface area contributed by atoms with Gasteiger partial charge in [-0.15, -0.1) is 11.8 Å². The summed E-state index contributed by atoms with van der Waals surface area (Å²) in [5.74, 6) is -0.768. The Kier molecular flexibility index (Phi) is 4.63. The Morgan fingerprint density at radius 2 is 1.89 bits per heavy atom. The predicted octanol–water partition coefficient (Wildman–Crippen LogP) is 3.78. The number of hydrogen-bond acceptors (Lipinski definition) is 2. The van der Waals surface area contributed by atoms with E-state index in [1.54, 1.807) is 0 Å². The minimum Gasteiger partial charge on any atom is -0.480 e. The van der Waals surface area contributed by atoms with E-state index in [-0.39, 0.29) is 0 Å². The number of thioether (sulfide) groups is 1. The maximum atomic E-state index is 11.4. The largest absolute Gasteiger partial charge is 0.480 e. The van der Waals surface area contributed by atoms with Crippen LogP contribution in [0.3, 0.4) is 0 Å². The maximum absolute atomic E-state index is 11.4. The number of aliphatic carboxylic acids is 1. The van der Waals surface area contributed by atoms with Gasteiger partial charge in [0.15, 0.2) is 0 Å². The molecule has 0 fully saturated rings. The van der Waals surface area contributed by atoms with Crippen LogP contribution in [0.2, 0.25) is 0 Å². The summed E-state index contributed by atoms with van der Waals surface area (Å²) in [7, 11) is 0. The molecule has 1 N–H and O–H groups in total. The van der Waals surface area contributed by atoms with E-state index in [1.165, 1.54) is 11.8 Å². The van der Waals surface area contributed by atoms with Crippen LogP contribution in [0.4, 0.5) is 0 Å². The average molecular weight is 272 g/mol. The molecule has 0 spiro atoms. The van der Waals surface area contributed by atoms with Crippen LogP contribution >= 0.6 is 11.8 Å². The summed E-state index contributed by atoms with van der Waals surface area (Å²) in [6.45, 7) is 2.02. The van der Waals surface area contributed by atoms with Gasteiger partial charge in [-0.05, 0) is 31.0 Å². The lowest BCUT2D eigenvalue weighted by Crippen LogP contribution is -2.19. The lowest BCUT2D eigenvalue weighted by molar-refractivity contribution is -0.136. The summed E-state index contributed by atoms with van der Waals surface area (Å²) in [6, 6.07) is 17.7. The Bertz CT molecular complexity index is 552. The van der Waals surface area contributed by atoms with E-state index < -0.39 is 11.2 Å². The van der Waals surface area contributed by atoms with Crippen molar-refractivity contribution in [3.63, 3.8) is 0 Å². The first-order valence-corrected chi connectivity index (χ1v) is 7.03. The van der Waals surface area contributed by atoms with Crippen molar-refractivity contribution in [3.8, 4) is 0 Å². The molecule has 2 nitrogen and oxygen atoms in total. The molecule has 3 heteroatoms. The minimum absolute atomic E-state index is 0.454. The van der Waals surface area contributed by atoms with Crippen molar-refractivity contribution in [2.45, 2.75) is 23.5 Å². The predicted molar refractivity (Wildman–Crippen MR) is 78.6 cm³/mol. The highest BCUT2D eigenvalue weighted by Gasteiger charge is 2.19. The molecule has 2 aromatic carbocycles. The molecule has 0 aromatic heterocycles. The first kappa shape index (κ1) is 13.7. The summed E-state index contributed by atoms with van der Waals surface area (Å²) in [5, 5.41) is 8.89. The highest BCUT2D eigenvalue weighted by molar-refractivity contribution is 8.00. The number of hydrogen-bond donors (Lipinski definition) is 1. The molecule has 0 saturated heterocycles. The second-order valence-electron chi connectivity index (χ2n) is 4.45. The Morgan fingerprint density at radius 3 is 2.53 bits per heavy atom. The van der Waals surface area contributed by atoms with Gasteiger partial charge in [-0.3, -0.25) is 4.79 Å². The Balaban J connectivity index is 2.11. The Hall–Kier alpha value is -1.74. The SMILES string of the molecule is Cc1cccc(C[C@H](Sc2ccccc2)C(=O)O)c1. The van der Waals surface area contributed by atoms with Gasteiger partial charge in [0, 0.05) is 4.90 Å². The quantitative estimate of drug-likeness (QED) is 0.842. The Morgan fingerprint density at radius 1 is 1.16 bits per heavy atom. The van der Waals surface area contributed by atoms with Crippen molar-refractivity contribution in [3.05, 3.63) is 65.7 Å². The van der Waals surface area contributed by atoms with Crippen LogP contribution in [0, 0.1) is 6.92 Å². The van der Waals surface area contributed by atoms with Crippen molar-refractivity contribution in [1.29, 1.82) is 0 Å². The van der Waals surface area contributed by atoms with Crippen LogP contribution < -0.4 is 0 Å². The monoisotopic (exact) mass is 272 g/mol. The molecule has 0 radical (unpaired) electrons. The van der Waals surface area contributed by atoms with Crippen LogP contribution in [-0.2, 0) is 11.2 Å². The van der Waals surface area contributed by atoms with E-state index in [2.05, 4.69) is 0 Å². The summed E-state index contributed by atoms with van der Waals surface area (Å²) in [4.78, 5) is 12.4. The summed E-state index contributed by atoms with van der Waals surface area (Å²) in [5.41, 5.74) is 2.22. The van der Waals surface area contributed by atoms with Gasteiger partial charge in [0.05, 0.1) is 0 Å². The molecule has 0 aliphatic rings. The molecule has 98 valence electrons. The van der Waals surface area contributed by atoms with Crippen LogP contribution in [0.15, 0.2) is 59.5 Å². The number of aryl methyl sites for hydroxylation is 1. The molecular weight excluding hydrogens is 256 g/mol. The molecule has 2 rings (SSSR count). The van der Waals surface area contributed by atoms with Crippen molar-refractivity contribution < 1.29 is 9.90 Å². The molecule has 0 saturated carbocycles. The standard InChI is InChI=1S/C16H16O2S/c1-12-6-5-7-13(10-12)11-15(16(17)18)19-14-8-3-2-4-9-14/h2-10,15H,11H2,1H3,(H,17,18)/t15-/m0/s1. The Labute approximate surface area is 117 Å². The molecular formula is C16H16O2S. The number of benzene rings is 2. The molecule has 1 atom stereocenters. The zero-order valence-corrected chi connectivity index (χ0v) is 11.6. The van der Waals surface area contributed by atoms with Crippen molar-refractivity contribution in [2.75, 3.05) is 0 Å². The van der Waals surface area contributed by atoms with Crippen LogP contribution in [-0.4, -0.2) is 16.3 Å². The molecule has 0 amide bonds. The number of rotatable bonds is 5. The fraction of sp³-hybridized carbons (Fsp3) is 0.188. The third-order valence-electron chi connectivity index (χ3n) is 2.80. The zero-order valence-electron chi connectivity index (χ0n) is 10.7. The molecule has 19 heavy (non-hydrogen) atoms. The molecule has 0 aliphatic heterocycles. The lowest BCUT2D eigenvalue weighted by Gasteiger charge is -2.12. The summed E-state index contributed by atoms with van der Waals surface area (Å²) >= 11 is 1.40. The van der Waals surface area contributed by atoms with E-state index in [0.717, 1.165) is 16.0 Å². The zero-order chi connectivity index (χ0) is 13.7. The van der Waals surface area contributed by atoms with Crippen molar-refractivity contribution in [1.82, 2.24) is 0 Å². The number of carboxylic acid groups (broad SMARTS) is 1. The van der Waals surface area contributed by atoms with Gasteiger partial charge in [-0.2, -0.15) is 0 Å². The highest BCUT2D eigenvalue weighted by Crippen LogP contribution is 2.26. The fourth-order valence-electron chi connectivity index (χ4n) is 1.90. The first-order valence-electron chi connectivity index (χ1n) is 6.15. The van der Waals surface area contributed by atoms with Crippen LogP contribution in [0.1, 0.15) is 11.1 Å². The summed E-state index contributed by atoms with van der Waals surface area (Å²) < 4.78 is 0. The number of carboxylic acids is 1. The van der Waals surface area contributed by atoms with E-state index in [0.29, 0.717) is 6.42 Å². The van der Waals surface area contributed by atoms with E-state index in [9.17, 15) is 9.90 Å². The minimum atomic E-state index is -0.768. The van der Waals surface area contributed by atoms with Crippen LogP contribution in [0.5, 0.6) is 0 Å². The second-order valence-corrected chi connectivity index (χ2v) is 5.73. The topological polar surface area (TPSA) is 37.3 Å². The second kappa shape index (κ2) is 6.43. The van der Waals surface area contributed by atoms with Gasteiger partial charge in [-0.25, -0.2) is 0 Å². The molecule has 0 bridgehead atoms. The third kappa shape index (κ3) is 4.14. The van der Waals surface area contributed by atoms with E-state index in [4.69, 9.17) is 0 Å².